The highest BCUT2D eigenvalue weighted by atomic mass is 35.5. The van der Waals surface area contributed by atoms with Gasteiger partial charge in [0.1, 0.15) is 10.9 Å². The molecule has 0 saturated carbocycles. The molecular formula is C6H5ClN2S2. The van der Waals surface area contributed by atoms with Gasteiger partial charge in [-0.25, -0.2) is 4.98 Å². The van der Waals surface area contributed by atoms with Crippen molar-refractivity contribution in [2.45, 2.75) is 11.3 Å². The van der Waals surface area contributed by atoms with E-state index in [-0.39, 0.29) is 0 Å². The fourth-order valence-corrected chi connectivity index (χ4v) is 2.61. The minimum Gasteiger partial charge on any atom is -0.216 e. The standard InChI is InChI=1S/C6H5ClN2S2/c1-2-10-6-9-5(7)4(3-8)11-6/h2H2,1H3. The van der Waals surface area contributed by atoms with Gasteiger partial charge in [0.2, 0.25) is 0 Å². The first-order chi connectivity index (χ1) is 5.27. The van der Waals surface area contributed by atoms with Gasteiger partial charge in [0.05, 0.1) is 0 Å². The third-order valence-corrected chi connectivity index (χ3v) is 3.31. The fourth-order valence-electron chi connectivity index (χ4n) is 0.537. The van der Waals surface area contributed by atoms with Crippen molar-refractivity contribution in [1.82, 2.24) is 4.98 Å². The SMILES string of the molecule is CCSc1nc(Cl)c(C#N)s1. The summed E-state index contributed by atoms with van der Waals surface area (Å²) >= 11 is 8.58. The predicted molar refractivity (Wildman–Crippen MR) is 48.2 cm³/mol. The number of nitrogens with zero attached hydrogens (tertiary/aromatic N) is 2. The molecule has 58 valence electrons. The number of rotatable bonds is 2. The van der Waals surface area contributed by atoms with Crippen molar-refractivity contribution in [3.8, 4) is 6.07 Å². The average Bonchev–Trinajstić information content (AvgIpc) is 2.32. The average molecular weight is 205 g/mol. The molecule has 0 amide bonds. The topological polar surface area (TPSA) is 36.7 Å². The third kappa shape index (κ3) is 2.09. The van der Waals surface area contributed by atoms with Crippen LogP contribution in [0.5, 0.6) is 0 Å². The van der Waals surface area contributed by atoms with Crippen molar-refractivity contribution < 1.29 is 0 Å². The lowest BCUT2D eigenvalue weighted by Crippen LogP contribution is -1.68. The molecule has 11 heavy (non-hydrogen) atoms. The number of nitriles is 1. The van der Waals surface area contributed by atoms with Crippen molar-refractivity contribution in [2.75, 3.05) is 5.75 Å². The van der Waals surface area contributed by atoms with Crippen LogP contribution in [0.1, 0.15) is 11.8 Å². The quantitative estimate of drug-likeness (QED) is 0.696. The number of thiazole rings is 1. The van der Waals surface area contributed by atoms with Gasteiger partial charge in [-0.3, -0.25) is 0 Å². The molecule has 1 aromatic rings. The highest BCUT2D eigenvalue weighted by molar-refractivity contribution is 8.01. The smallest absolute Gasteiger partial charge is 0.159 e. The van der Waals surface area contributed by atoms with Crippen molar-refractivity contribution in [2.24, 2.45) is 0 Å². The Labute approximate surface area is 78.2 Å². The summed E-state index contributed by atoms with van der Waals surface area (Å²) in [4.78, 5) is 4.50. The lowest BCUT2D eigenvalue weighted by Gasteiger charge is -1.84. The number of thioether (sulfide) groups is 1. The Morgan fingerprint density at radius 2 is 2.55 bits per heavy atom. The van der Waals surface area contributed by atoms with E-state index in [1.165, 1.54) is 11.3 Å². The minimum absolute atomic E-state index is 0.327. The van der Waals surface area contributed by atoms with Crippen molar-refractivity contribution in [3.05, 3.63) is 10.0 Å². The first-order valence-corrected chi connectivity index (χ1v) is 5.15. The van der Waals surface area contributed by atoms with E-state index in [0.29, 0.717) is 10.0 Å². The summed E-state index contributed by atoms with van der Waals surface area (Å²) in [5.74, 6) is 0.953. The van der Waals surface area contributed by atoms with E-state index in [4.69, 9.17) is 16.9 Å². The predicted octanol–water partition coefficient (Wildman–Crippen LogP) is 2.78. The van der Waals surface area contributed by atoms with E-state index in [2.05, 4.69) is 4.98 Å². The maximum atomic E-state index is 8.53. The second-order valence-corrected chi connectivity index (χ2v) is 4.51. The number of hydrogen-bond donors (Lipinski definition) is 0. The summed E-state index contributed by atoms with van der Waals surface area (Å²) in [7, 11) is 0. The Kier molecular flexibility index (Phi) is 3.18. The van der Waals surface area contributed by atoms with Crippen molar-refractivity contribution >= 4 is 34.7 Å². The lowest BCUT2D eigenvalue weighted by atomic mass is 10.6. The molecule has 0 aliphatic rings. The zero-order valence-electron chi connectivity index (χ0n) is 5.80. The summed E-state index contributed by atoms with van der Waals surface area (Å²) in [6.07, 6.45) is 0. The van der Waals surface area contributed by atoms with Gasteiger partial charge in [0.15, 0.2) is 9.49 Å². The Bertz CT molecular complexity index is 289. The zero-order chi connectivity index (χ0) is 8.27. The molecule has 0 aliphatic heterocycles. The number of aromatic nitrogens is 1. The molecule has 0 fully saturated rings. The highest BCUT2D eigenvalue weighted by Crippen LogP contribution is 2.29. The molecule has 0 radical (unpaired) electrons. The second kappa shape index (κ2) is 3.96. The Hall–Kier alpha value is -0.240. The molecule has 1 aromatic heterocycles. The maximum Gasteiger partial charge on any atom is 0.159 e. The van der Waals surface area contributed by atoms with Crippen LogP contribution in [0.4, 0.5) is 0 Å². The minimum atomic E-state index is 0.327. The highest BCUT2D eigenvalue weighted by Gasteiger charge is 2.07. The number of halogens is 1. The van der Waals surface area contributed by atoms with Crippen LogP contribution >= 0.6 is 34.7 Å². The monoisotopic (exact) mass is 204 g/mol. The Morgan fingerprint density at radius 1 is 1.82 bits per heavy atom. The van der Waals surface area contributed by atoms with Gasteiger partial charge in [-0.1, -0.05) is 41.6 Å². The molecule has 0 spiro atoms. The van der Waals surface area contributed by atoms with Crippen LogP contribution in [0, 0.1) is 11.3 Å². The summed E-state index contributed by atoms with van der Waals surface area (Å²) in [6, 6.07) is 1.98. The van der Waals surface area contributed by atoms with Crippen LogP contribution in [0.3, 0.4) is 0 Å². The van der Waals surface area contributed by atoms with Gasteiger partial charge in [0, 0.05) is 0 Å². The Morgan fingerprint density at radius 3 is 3.00 bits per heavy atom. The fraction of sp³-hybridized carbons (Fsp3) is 0.333. The molecule has 0 saturated heterocycles. The summed E-state index contributed by atoms with van der Waals surface area (Å²) < 4.78 is 0.869. The molecule has 0 atom stereocenters. The largest absolute Gasteiger partial charge is 0.216 e. The lowest BCUT2D eigenvalue weighted by molar-refractivity contribution is 1.24. The van der Waals surface area contributed by atoms with Crippen LogP contribution in [0.15, 0.2) is 4.34 Å². The van der Waals surface area contributed by atoms with E-state index in [1.54, 1.807) is 11.8 Å². The molecule has 2 nitrogen and oxygen atoms in total. The second-order valence-electron chi connectivity index (χ2n) is 1.64. The van der Waals surface area contributed by atoms with E-state index in [0.717, 1.165) is 10.1 Å². The van der Waals surface area contributed by atoms with Gasteiger partial charge in [0.25, 0.3) is 0 Å². The molecule has 0 aromatic carbocycles. The van der Waals surface area contributed by atoms with Crippen LogP contribution in [0.2, 0.25) is 5.15 Å². The van der Waals surface area contributed by atoms with E-state index < -0.39 is 0 Å². The molecular weight excluding hydrogens is 200 g/mol. The molecule has 1 rings (SSSR count). The molecule has 0 bridgehead atoms. The summed E-state index contributed by atoms with van der Waals surface area (Å²) in [5.41, 5.74) is 0. The van der Waals surface area contributed by atoms with Gasteiger partial charge < -0.3 is 0 Å². The van der Waals surface area contributed by atoms with Gasteiger partial charge >= 0.3 is 0 Å². The number of hydrogen-bond acceptors (Lipinski definition) is 4. The first-order valence-electron chi connectivity index (χ1n) is 2.97. The van der Waals surface area contributed by atoms with Crippen LogP contribution in [-0.4, -0.2) is 10.7 Å². The van der Waals surface area contributed by atoms with Crippen LogP contribution in [-0.2, 0) is 0 Å². The van der Waals surface area contributed by atoms with Gasteiger partial charge in [-0.2, -0.15) is 5.26 Å². The summed E-state index contributed by atoms with van der Waals surface area (Å²) in [6.45, 7) is 2.03. The third-order valence-electron chi connectivity index (χ3n) is 0.936. The first kappa shape index (κ1) is 8.85. The van der Waals surface area contributed by atoms with Gasteiger partial charge in [-0.05, 0) is 5.75 Å². The molecule has 1 heterocycles. The van der Waals surface area contributed by atoms with E-state index in [9.17, 15) is 0 Å². The van der Waals surface area contributed by atoms with Crippen molar-refractivity contribution in [3.63, 3.8) is 0 Å². The Balaban J connectivity index is 2.89. The molecule has 5 heteroatoms. The summed E-state index contributed by atoms with van der Waals surface area (Å²) in [5, 5.41) is 8.85. The normalized spacial score (nSPS) is 9.55. The maximum absolute atomic E-state index is 8.53. The molecule has 0 unspecified atom stereocenters. The van der Waals surface area contributed by atoms with Crippen molar-refractivity contribution in [1.29, 1.82) is 5.26 Å². The van der Waals surface area contributed by atoms with Crippen LogP contribution in [0.25, 0.3) is 0 Å². The van der Waals surface area contributed by atoms with E-state index >= 15 is 0 Å². The zero-order valence-corrected chi connectivity index (χ0v) is 8.18. The van der Waals surface area contributed by atoms with Gasteiger partial charge in [-0.15, -0.1) is 0 Å². The van der Waals surface area contributed by atoms with Crippen LogP contribution < -0.4 is 0 Å². The molecule has 0 aliphatic carbocycles. The molecule has 0 N–H and O–H groups in total. The van der Waals surface area contributed by atoms with E-state index in [1.807, 2.05) is 13.0 Å².